The van der Waals surface area contributed by atoms with Gasteiger partial charge in [-0.3, -0.25) is 19.9 Å². The summed E-state index contributed by atoms with van der Waals surface area (Å²) in [5.74, 6) is 0. The van der Waals surface area contributed by atoms with Crippen molar-refractivity contribution in [3.05, 3.63) is 159 Å². The average Bonchev–Trinajstić information content (AvgIpc) is 2.93. The maximum absolute atomic E-state index is 10.8. The minimum atomic E-state index is -10.8. The van der Waals surface area contributed by atoms with Crippen LogP contribution in [0.1, 0.15) is 0 Å². The van der Waals surface area contributed by atoms with Crippen LogP contribution >= 0.6 is 0 Å². The topological polar surface area (TPSA) is 51.6 Å². The summed E-state index contributed by atoms with van der Waals surface area (Å²) in [5, 5.41) is 0. The number of rotatable bonds is 0. The Labute approximate surface area is 239 Å². The minimum Gasteiger partial charge on any atom is -1.00 e. The summed E-state index contributed by atoms with van der Waals surface area (Å²) >= 11 is 0. The molecule has 4 heterocycles. The first-order valence-electron chi connectivity index (χ1n) is 10.5. The summed E-state index contributed by atoms with van der Waals surface area (Å²) < 4.78 is 59.3. The second-order valence-electron chi connectivity index (χ2n) is 6.32. The Morgan fingerprint density at radius 3 is 0.425 bits per heavy atom. The van der Waals surface area contributed by atoms with Crippen LogP contribution in [0.5, 0.6) is 0 Å². The number of halogens is 8. The van der Waals surface area contributed by atoms with E-state index >= 15 is 0 Å². The molecule has 1 radical (unpaired) electrons. The first kappa shape index (κ1) is 43.1. The maximum Gasteiger partial charge on any atom is 4.00 e. The van der Waals surface area contributed by atoms with E-state index in [0.29, 0.717) is 0 Å². The largest absolute Gasteiger partial charge is 4.00 e. The van der Waals surface area contributed by atoms with Crippen LogP contribution in [0.25, 0.3) is 0 Å². The molecular weight excluding hydrogens is 599 g/mol. The molecule has 0 aliphatic heterocycles. The van der Waals surface area contributed by atoms with Gasteiger partial charge in [0.15, 0.2) is 0 Å². The number of aromatic nitrogens is 4. The fourth-order valence-corrected chi connectivity index (χ4v) is 1.64. The summed E-state index contributed by atoms with van der Waals surface area (Å²) in [6.07, 6.45) is 14.0. The third-order valence-corrected chi connectivity index (χ3v) is 2.93. The summed E-state index contributed by atoms with van der Waals surface area (Å²) in [6, 6.07) is 34.9. The molecule has 0 saturated carbocycles. The van der Waals surface area contributed by atoms with Gasteiger partial charge in [-0.05, 0) is 48.5 Å². The zero-order chi connectivity index (χ0) is 27.6. The number of benzene rings is 1. The summed E-state index contributed by atoms with van der Waals surface area (Å²) in [5.41, 5.74) is 0. The molecule has 0 aliphatic rings. The van der Waals surface area contributed by atoms with E-state index in [-0.39, 0.29) is 28.0 Å². The number of hydrogen-bond donors (Lipinski definition) is 0. The van der Waals surface area contributed by atoms with E-state index in [1.54, 1.807) is 49.6 Å². The molecule has 0 spiro atoms. The number of pyridine rings is 4. The third kappa shape index (κ3) is 54.8. The molecule has 14 heteroatoms. The second kappa shape index (κ2) is 24.1. The molecule has 0 saturated heterocycles. The van der Waals surface area contributed by atoms with E-state index in [9.17, 15) is 24.6 Å². The Hall–Kier alpha value is -3.94. The maximum atomic E-state index is 9.88. The standard InChI is InChI=1S/C6H6.4C5H5N.F6Si.2FH.V/c5*1-2-4-6-5-3-1;1-7(2,3,4,5)6;;;/h1-6H;4*1-5H;;2*1H;/q;;;;;-2;;;+4/p-2. The molecule has 0 N–H and O–H groups in total. The molecule has 4 aromatic heterocycles. The van der Waals surface area contributed by atoms with Gasteiger partial charge in [0.2, 0.25) is 0 Å². The fourth-order valence-electron chi connectivity index (χ4n) is 1.64. The normalized spacial score (nSPS) is 10.1. The molecule has 215 valence electrons. The Balaban J connectivity index is -0.000000192. The number of nitrogens with zero attached hydrogens (tertiary/aromatic N) is 4. The van der Waals surface area contributed by atoms with Gasteiger partial charge in [-0.15, -0.1) is 0 Å². The van der Waals surface area contributed by atoms with Crippen molar-refractivity contribution in [2.75, 3.05) is 0 Å². The fraction of sp³-hybridized carbons (Fsp3) is 0. The van der Waals surface area contributed by atoms with Gasteiger partial charge in [0, 0.05) is 49.6 Å². The molecule has 0 atom stereocenters. The van der Waals surface area contributed by atoms with Gasteiger partial charge in [-0.2, -0.15) is 0 Å². The van der Waals surface area contributed by atoms with E-state index < -0.39 is 8.63 Å². The zero-order valence-corrected chi connectivity index (χ0v) is 23.2. The van der Waals surface area contributed by atoms with E-state index in [1.165, 1.54) is 0 Å². The monoisotopic (exact) mass is 625 g/mol. The van der Waals surface area contributed by atoms with Crippen LogP contribution in [0.2, 0.25) is 0 Å². The van der Waals surface area contributed by atoms with Crippen LogP contribution in [0.15, 0.2) is 159 Å². The average molecular weight is 626 g/mol. The van der Waals surface area contributed by atoms with Crippen LogP contribution in [-0.4, -0.2) is 28.6 Å². The molecule has 5 aromatic rings. The van der Waals surface area contributed by atoms with Gasteiger partial charge in [-0.25, -0.2) is 0 Å². The number of hydrogen-bond acceptors (Lipinski definition) is 4. The first-order valence-corrected chi connectivity index (χ1v) is 12.8. The predicted octanol–water partition coefficient (Wildman–Crippen LogP) is 2.16. The van der Waals surface area contributed by atoms with Gasteiger partial charge >= 0.3 is 51.8 Å². The Bertz CT molecular complexity index is 779. The van der Waals surface area contributed by atoms with Crippen molar-refractivity contribution in [2.45, 2.75) is 0 Å². The van der Waals surface area contributed by atoms with E-state index in [1.807, 2.05) is 109 Å². The van der Waals surface area contributed by atoms with Crippen LogP contribution in [0.3, 0.4) is 0 Å². The third-order valence-electron chi connectivity index (χ3n) is 2.93. The summed E-state index contributed by atoms with van der Waals surface area (Å²) in [6.45, 7) is 0. The predicted molar refractivity (Wildman–Crippen MR) is 136 cm³/mol. The van der Waals surface area contributed by atoms with Crippen LogP contribution in [0, 0.1) is 0 Å². The quantitative estimate of drug-likeness (QED) is 0.151. The van der Waals surface area contributed by atoms with Crippen molar-refractivity contribution in [2.24, 2.45) is 0 Å². The molecule has 0 unspecified atom stereocenters. The Kier molecular flexibility index (Phi) is 26.0. The molecule has 1 aromatic carbocycles. The SMILES string of the molecule is F[Si-2](F)(F)(F)(F)F.[F-].[F-].[V+4].c1ccccc1.c1ccncc1.c1ccncc1.c1ccncc1.c1ccncc1. The summed E-state index contributed by atoms with van der Waals surface area (Å²) in [4.78, 5) is 15.1. The molecule has 0 aliphatic carbocycles. The molecule has 4 nitrogen and oxygen atoms in total. The first-order chi connectivity index (χ1) is 17.4. The molecular formula is C26H26F8N4SiV. The molecule has 0 bridgehead atoms. The van der Waals surface area contributed by atoms with E-state index in [2.05, 4.69) is 19.9 Å². The van der Waals surface area contributed by atoms with Crippen LogP contribution in [0.4, 0.5) is 24.6 Å². The molecule has 5 rings (SSSR count). The Morgan fingerprint density at radius 2 is 0.375 bits per heavy atom. The van der Waals surface area contributed by atoms with Crippen molar-refractivity contribution in [3.8, 4) is 0 Å². The summed E-state index contributed by atoms with van der Waals surface area (Å²) in [7, 11) is -10.8. The molecule has 40 heavy (non-hydrogen) atoms. The van der Waals surface area contributed by atoms with E-state index in [0.717, 1.165) is 0 Å². The van der Waals surface area contributed by atoms with Gasteiger partial charge < -0.3 is 9.41 Å². The second-order valence-corrected chi connectivity index (χ2v) is 8.47. The van der Waals surface area contributed by atoms with Crippen molar-refractivity contribution < 1.29 is 52.6 Å². The van der Waals surface area contributed by atoms with Crippen molar-refractivity contribution >= 4 is 8.63 Å². The van der Waals surface area contributed by atoms with Crippen LogP contribution < -0.4 is 9.41 Å². The van der Waals surface area contributed by atoms with Crippen LogP contribution in [-0.2, 0) is 18.6 Å². The van der Waals surface area contributed by atoms with Gasteiger partial charge in [0.05, 0.1) is 0 Å². The van der Waals surface area contributed by atoms with Gasteiger partial charge in [0.1, 0.15) is 0 Å². The van der Waals surface area contributed by atoms with Gasteiger partial charge in [0.25, 0.3) is 0 Å². The molecule has 0 amide bonds. The van der Waals surface area contributed by atoms with Crippen molar-refractivity contribution in [1.29, 1.82) is 0 Å². The molecule has 0 fully saturated rings. The van der Waals surface area contributed by atoms with E-state index in [4.69, 9.17) is 0 Å². The zero-order valence-electron chi connectivity index (χ0n) is 20.8. The van der Waals surface area contributed by atoms with Gasteiger partial charge in [-0.1, -0.05) is 60.7 Å². The van der Waals surface area contributed by atoms with Crippen molar-refractivity contribution in [1.82, 2.24) is 19.9 Å². The Morgan fingerprint density at radius 1 is 0.275 bits per heavy atom. The van der Waals surface area contributed by atoms with Crippen molar-refractivity contribution in [3.63, 3.8) is 0 Å². The smallest absolute Gasteiger partial charge is 1.00 e. The minimum absolute atomic E-state index is 0.